The number of hydrogen-bond donors (Lipinski definition) is 2. The van der Waals surface area contributed by atoms with Crippen LogP contribution in [0, 0.1) is 19.8 Å². The lowest BCUT2D eigenvalue weighted by molar-refractivity contribution is 0.0205. The second kappa shape index (κ2) is 14.2. The van der Waals surface area contributed by atoms with Crippen LogP contribution < -0.4 is 10.6 Å². The van der Waals surface area contributed by atoms with Gasteiger partial charge in [-0.1, -0.05) is 0 Å². The van der Waals surface area contributed by atoms with Crippen LogP contribution in [0.15, 0.2) is 4.99 Å². The maximum atomic E-state index is 5.81. The fourth-order valence-corrected chi connectivity index (χ4v) is 3.35. The zero-order chi connectivity index (χ0) is 19.5. The average molecular weight is 507 g/mol. The summed E-state index contributed by atoms with van der Waals surface area (Å²) >= 11 is 0. The van der Waals surface area contributed by atoms with Gasteiger partial charge in [-0.3, -0.25) is 9.67 Å². The molecule has 7 nitrogen and oxygen atoms in total. The molecule has 1 saturated heterocycles. The molecule has 0 aliphatic carbocycles. The zero-order valence-electron chi connectivity index (χ0n) is 17.9. The van der Waals surface area contributed by atoms with E-state index in [0.717, 1.165) is 83.4 Å². The molecule has 2 rings (SSSR count). The van der Waals surface area contributed by atoms with Crippen LogP contribution in [-0.4, -0.2) is 61.8 Å². The maximum Gasteiger partial charge on any atom is 0.191 e. The Morgan fingerprint density at radius 2 is 2.04 bits per heavy atom. The van der Waals surface area contributed by atoms with Crippen molar-refractivity contribution in [1.29, 1.82) is 0 Å². The monoisotopic (exact) mass is 507 g/mol. The lowest BCUT2D eigenvalue weighted by Gasteiger charge is -2.21. The standard InChI is InChI=1S/C20H37N5O2.HI/c1-5-21-20(23-11-7-19-16(2)24-25(4)17(19)3)22-10-6-12-27-15-18-8-13-26-14-9-18;/h18H,5-15H2,1-4H3,(H2,21,22,23);1H. The van der Waals surface area contributed by atoms with Crippen LogP contribution in [0.2, 0.25) is 0 Å². The van der Waals surface area contributed by atoms with Gasteiger partial charge in [-0.2, -0.15) is 5.10 Å². The minimum atomic E-state index is 0. The van der Waals surface area contributed by atoms with Crippen molar-refractivity contribution in [3.05, 3.63) is 17.0 Å². The van der Waals surface area contributed by atoms with Gasteiger partial charge >= 0.3 is 0 Å². The van der Waals surface area contributed by atoms with Gasteiger partial charge in [0.15, 0.2) is 5.96 Å². The van der Waals surface area contributed by atoms with Crippen LogP contribution in [-0.2, 0) is 22.9 Å². The average Bonchev–Trinajstić information content (AvgIpc) is 2.91. The molecule has 1 aromatic rings. The van der Waals surface area contributed by atoms with Crippen LogP contribution in [0.4, 0.5) is 0 Å². The summed E-state index contributed by atoms with van der Waals surface area (Å²) in [5.41, 5.74) is 3.67. The van der Waals surface area contributed by atoms with Crippen molar-refractivity contribution < 1.29 is 9.47 Å². The van der Waals surface area contributed by atoms with Crippen LogP contribution in [0.25, 0.3) is 0 Å². The summed E-state index contributed by atoms with van der Waals surface area (Å²) in [6.45, 7) is 12.1. The normalized spacial score (nSPS) is 15.4. The first-order chi connectivity index (χ1) is 13.1. The second-order valence-corrected chi connectivity index (χ2v) is 7.19. The van der Waals surface area contributed by atoms with Crippen LogP contribution in [0.3, 0.4) is 0 Å². The number of nitrogens with one attached hydrogen (secondary N) is 2. The van der Waals surface area contributed by atoms with Crippen LogP contribution in [0.5, 0.6) is 0 Å². The molecule has 0 bridgehead atoms. The van der Waals surface area contributed by atoms with Crippen molar-refractivity contribution in [2.75, 3.05) is 46.1 Å². The minimum Gasteiger partial charge on any atom is -0.381 e. The van der Waals surface area contributed by atoms with E-state index in [1.165, 1.54) is 11.3 Å². The first-order valence-corrected chi connectivity index (χ1v) is 10.3. The Hall–Kier alpha value is -0.870. The number of aryl methyl sites for hydroxylation is 2. The molecule has 0 spiro atoms. The summed E-state index contributed by atoms with van der Waals surface area (Å²) in [7, 11) is 1.99. The Labute approximate surface area is 187 Å². The molecule has 0 aromatic carbocycles. The Bertz CT molecular complexity index is 585. The lowest BCUT2D eigenvalue weighted by Crippen LogP contribution is -2.38. The highest BCUT2D eigenvalue weighted by Gasteiger charge is 2.13. The Kier molecular flexibility index (Phi) is 12.7. The highest BCUT2D eigenvalue weighted by Crippen LogP contribution is 2.14. The van der Waals surface area contributed by atoms with Crippen molar-refractivity contribution in [3.8, 4) is 0 Å². The number of halogens is 1. The molecule has 1 fully saturated rings. The number of hydrogen-bond acceptors (Lipinski definition) is 4. The summed E-state index contributed by atoms with van der Waals surface area (Å²) in [4.78, 5) is 4.65. The summed E-state index contributed by atoms with van der Waals surface area (Å²) < 4.78 is 13.1. The topological polar surface area (TPSA) is 72.7 Å². The largest absolute Gasteiger partial charge is 0.381 e. The lowest BCUT2D eigenvalue weighted by atomic mass is 10.0. The maximum absolute atomic E-state index is 5.81. The first-order valence-electron chi connectivity index (χ1n) is 10.3. The Morgan fingerprint density at radius 1 is 1.29 bits per heavy atom. The van der Waals surface area contributed by atoms with Gasteiger partial charge < -0.3 is 20.1 Å². The fourth-order valence-electron chi connectivity index (χ4n) is 3.35. The van der Waals surface area contributed by atoms with Crippen molar-refractivity contribution in [3.63, 3.8) is 0 Å². The summed E-state index contributed by atoms with van der Waals surface area (Å²) in [5, 5.41) is 11.2. The van der Waals surface area contributed by atoms with Gasteiger partial charge in [-0.25, -0.2) is 0 Å². The van der Waals surface area contributed by atoms with Gasteiger partial charge in [0, 0.05) is 58.8 Å². The highest BCUT2D eigenvalue weighted by molar-refractivity contribution is 14.0. The number of nitrogens with zero attached hydrogens (tertiary/aromatic N) is 3. The van der Waals surface area contributed by atoms with Crippen molar-refractivity contribution in [1.82, 2.24) is 20.4 Å². The zero-order valence-corrected chi connectivity index (χ0v) is 20.3. The van der Waals surface area contributed by atoms with Gasteiger partial charge in [0.05, 0.1) is 5.69 Å². The molecule has 162 valence electrons. The van der Waals surface area contributed by atoms with E-state index in [-0.39, 0.29) is 24.0 Å². The molecule has 0 saturated carbocycles. The molecule has 0 amide bonds. The van der Waals surface area contributed by atoms with E-state index in [1.807, 2.05) is 11.7 Å². The molecular formula is C20H38IN5O2. The Morgan fingerprint density at radius 3 is 2.68 bits per heavy atom. The Balaban J connectivity index is 0.00000392. The third kappa shape index (κ3) is 8.65. The van der Waals surface area contributed by atoms with Gasteiger partial charge in [0.2, 0.25) is 0 Å². The second-order valence-electron chi connectivity index (χ2n) is 7.19. The van der Waals surface area contributed by atoms with Crippen molar-refractivity contribution in [2.24, 2.45) is 18.0 Å². The predicted molar refractivity (Wildman–Crippen MR) is 125 cm³/mol. The number of guanidine groups is 1. The van der Waals surface area contributed by atoms with Crippen LogP contribution >= 0.6 is 24.0 Å². The van der Waals surface area contributed by atoms with Crippen molar-refractivity contribution >= 4 is 29.9 Å². The van der Waals surface area contributed by atoms with Crippen LogP contribution in [0.1, 0.15) is 43.1 Å². The minimum absolute atomic E-state index is 0. The van der Waals surface area contributed by atoms with E-state index in [9.17, 15) is 0 Å². The van der Waals surface area contributed by atoms with Gasteiger partial charge in [-0.05, 0) is 57.9 Å². The molecule has 2 heterocycles. The van der Waals surface area contributed by atoms with Crippen molar-refractivity contribution in [2.45, 2.75) is 46.5 Å². The quantitative estimate of drug-likeness (QED) is 0.221. The number of aromatic nitrogens is 2. The molecule has 8 heteroatoms. The van der Waals surface area contributed by atoms with Gasteiger partial charge in [0.1, 0.15) is 0 Å². The van der Waals surface area contributed by atoms with E-state index in [1.54, 1.807) is 0 Å². The summed E-state index contributed by atoms with van der Waals surface area (Å²) in [6.07, 6.45) is 4.15. The smallest absolute Gasteiger partial charge is 0.191 e. The number of aliphatic imine (C=N–C) groups is 1. The van der Waals surface area contributed by atoms with Gasteiger partial charge in [-0.15, -0.1) is 24.0 Å². The molecule has 2 N–H and O–H groups in total. The summed E-state index contributed by atoms with van der Waals surface area (Å²) in [6, 6.07) is 0. The molecule has 0 unspecified atom stereocenters. The molecule has 28 heavy (non-hydrogen) atoms. The molecule has 0 atom stereocenters. The molecule has 1 aromatic heterocycles. The molecule has 1 aliphatic rings. The third-order valence-corrected chi connectivity index (χ3v) is 5.08. The SMILES string of the molecule is CCNC(=NCCCOCC1CCOCC1)NCCc1c(C)nn(C)c1C.I. The fraction of sp³-hybridized carbons (Fsp3) is 0.800. The molecule has 0 radical (unpaired) electrons. The molecular weight excluding hydrogens is 469 g/mol. The van der Waals surface area contributed by atoms with E-state index in [0.29, 0.717) is 5.92 Å². The number of rotatable bonds is 10. The van der Waals surface area contributed by atoms with E-state index in [2.05, 4.69) is 41.5 Å². The number of ether oxygens (including phenoxy) is 2. The molecule has 1 aliphatic heterocycles. The summed E-state index contributed by atoms with van der Waals surface area (Å²) in [5.74, 6) is 1.54. The first kappa shape index (κ1) is 25.2. The van der Waals surface area contributed by atoms with Gasteiger partial charge in [0.25, 0.3) is 0 Å². The van der Waals surface area contributed by atoms with E-state index >= 15 is 0 Å². The predicted octanol–water partition coefficient (Wildman–Crippen LogP) is 2.59. The van der Waals surface area contributed by atoms with E-state index in [4.69, 9.17) is 9.47 Å². The highest BCUT2D eigenvalue weighted by atomic mass is 127. The third-order valence-electron chi connectivity index (χ3n) is 5.08. The van der Waals surface area contributed by atoms with E-state index < -0.39 is 0 Å².